The molecule has 0 spiro atoms. The average molecular weight is 305 g/mol. The second-order valence-electron chi connectivity index (χ2n) is 3.03. The van der Waals surface area contributed by atoms with Gasteiger partial charge >= 0.3 is 5.97 Å². The normalized spacial score (nSPS) is 11.2. The van der Waals surface area contributed by atoms with Gasteiger partial charge in [-0.2, -0.15) is 4.39 Å². The van der Waals surface area contributed by atoms with E-state index in [1.165, 1.54) is 20.3 Å². The molecule has 1 rings (SSSR count). The third-order valence-electron chi connectivity index (χ3n) is 1.99. The molecule has 0 atom stereocenters. The molecule has 17 heavy (non-hydrogen) atoms. The molecule has 0 radical (unpaired) electrons. The van der Waals surface area contributed by atoms with E-state index >= 15 is 0 Å². The van der Waals surface area contributed by atoms with Crippen molar-refractivity contribution < 1.29 is 23.8 Å². The average Bonchev–Trinajstić information content (AvgIpc) is 2.30. The molecule has 1 aromatic rings. The number of hydrogen-bond acceptors (Lipinski definition) is 3. The highest BCUT2D eigenvalue weighted by Crippen LogP contribution is 2.34. The first-order chi connectivity index (χ1) is 7.99. The third kappa shape index (κ3) is 3.20. The Morgan fingerprint density at radius 3 is 2.35 bits per heavy atom. The smallest absolute Gasteiger partial charge is 0.364 e. The van der Waals surface area contributed by atoms with Gasteiger partial charge in [0.1, 0.15) is 0 Å². The fourth-order valence-electron chi connectivity index (χ4n) is 1.18. The minimum atomic E-state index is -1.62. The minimum Gasteiger partial charge on any atom is -0.493 e. The zero-order chi connectivity index (χ0) is 13.0. The van der Waals surface area contributed by atoms with E-state index in [4.69, 9.17) is 14.6 Å². The molecule has 0 aliphatic heterocycles. The van der Waals surface area contributed by atoms with Crippen molar-refractivity contribution in [3.05, 3.63) is 28.0 Å². The zero-order valence-electron chi connectivity index (χ0n) is 9.16. The van der Waals surface area contributed by atoms with Crippen molar-refractivity contribution in [1.82, 2.24) is 0 Å². The van der Waals surface area contributed by atoms with Crippen LogP contribution < -0.4 is 9.47 Å². The van der Waals surface area contributed by atoms with Gasteiger partial charge in [-0.3, -0.25) is 0 Å². The van der Waals surface area contributed by atoms with Crippen LogP contribution >= 0.6 is 15.9 Å². The Morgan fingerprint density at radius 2 is 1.88 bits per heavy atom. The summed E-state index contributed by atoms with van der Waals surface area (Å²) in [4.78, 5) is 10.4. The monoisotopic (exact) mass is 304 g/mol. The maximum atomic E-state index is 13.0. The molecule has 0 aliphatic carbocycles. The van der Waals surface area contributed by atoms with Crippen LogP contribution in [-0.2, 0) is 4.79 Å². The van der Waals surface area contributed by atoms with E-state index in [1.54, 1.807) is 6.07 Å². The second-order valence-corrected chi connectivity index (χ2v) is 3.88. The molecule has 0 aromatic heterocycles. The lowest BCUT2D eigenvalue weighted by Crippen LogP contribution is -1.95. The Hall–Kier alpha value is -1.56. The van der Waals surface area contributed by atoms with Crippen molar-refractivity contribution >= 4 is 28.0 Å². The van der Waals surface area contributed by atoms with Crippen molar-refractivity contribution in [2.24, 2.45) is 0 Å². The number of methoxy groups -OCH3 is 2. The van der Waals surface area contributed by atoms with E-state index in [0.717, 1.165) is 6.08 Å². The van der Waals surface area contributed by atoms with Crippen LogP contribution in [0.15, 0.2) is 22.4 Å². The summed E-state index contributed by atoms with van der Waals surface area (Å²) in [5.41, 5.74) is 0.350. The number of benzene rings is 1. The van der Waals surface area contributed by atoms with E-state index in [0.29, 0.717) is 21.5 Å². The van der Waals surface area contributed by atoms with Crippen LogP contribution in [0, 0.1) is 0 Å². The topological polar surface area (TPSA) is 55.8 Å². The molecule has 0 saturated carbocycles. The predicted molar refractivity (Wildman–Crippen MR) is 64.0 cm³/mol. The van der Waals surface area contributed by atoms with Crippen molar-refractivity contribution in [1.29, 1.82) is 0 Å². The highest BCUT2D eigenvalue weighted by Gasteiger charge is 2.11. The van der Waals surface area contributed by atoms with Gasteiger partial charge in [-0.1, -0.05) is 15.9 Å². The summed E-state index contributed by atoms with van der Waals surface area (Å²) in [7, 11) is 2.91. The molecule has 1 N–H and O–H groups in total. The maximum Gasteiger partial charge on any atom is 0.364 e. The summed E-state index contributed by atoms with van der Waals surface area (Å²) in [5.74, 6) is -2.02. The van der Waals surface area contributed by atoms with Crippen LogP contribution in [-0.4, -0.2) is 25.3 Å². The number of carboxylic acids is 1. The Bertz CT molecular complexity index is 471. The largest absolute Gasteiger partial charge is 0.493 e. The second kappa shape index (κ2) is 5.67. The third-order valence-corrected chi connectivity index (χ3v) is 2.68. The van der Waals surface area contributed by atoms with Crippen LogP contribution in [0.25, 0.3) is 6.08 Å². The molecule has 0 aliphatic rings. The van der Waals surface area contributed by atoms with Crippen molar-refractivity contribution in [2.45, 2.75) is 0 Å². The van der Waals surface area contributed by atoms with E-state index in [2.05, 4.69) is 15.9 Å². The van der Waals surface area contributed by atoms with Crippen LogP contribution in [0.2, 0.25) is 0 Å². The molecule has 4 nitrogen and oxygen atoms in total. The number of ether oxygens (including phenoxy) is 2. The molecule has 1 aromatic carbocycles. The summed E-state index contributed by atoms with van der Waals surface area (Å²) in [6, 6.07) is 3.05. The Labute approximate surface area is 106 Å². The van der Waals surface area contributed by atoms with Gasteiger partial charge < -0.3 is 14.6 Å². The lowest BCUT2D eigenvalue weighted by Gasteiger charge is -2.09. The quantitative estimate of drug-likeness (QED) is 0.869. The zero-order valence-corrected chi connectivity index (χ0v) is 10.7. The first kappa shape index (κ1) is 13.5. The molecule has 0 amide bonds. The Balaban J connectivity index is 3.26. The molecule has 92 valence electrons. The van der Waals surface area contributed by atoms with Crippen molar-refractivity contribution in [3.8, 4) is 11.5 Å². The van der Waals surface area contributed by atoms with E-state index in [1.807, 2.05) is 0 Å². The number of rotatable bonds is 4. The van der Waals surface area contributed by atoms with Crippen LogP contribution in [0.4, 0.5) is 4.39 Å². The Kier molecular flexibility index (Phi) is 4.51. The summed E-state index contributed by atoms with van der Waals surface area (Å²) in [5, 5.41) is 8.45. The highest BCUT2D eigenvalue weighted by molar-refractivity contribution is 9.10. The van der Waals surface area contributed by atoms with Gasteiger partial charge in [0.2, 0.25) is 5.83 Å². The summed E-state index contributed by atoms with van der Waals surface area (Å²) in [6.07, 6.45) is 0.897. The van der Waals surface area contributed by atoms with Crippen LogP contribution in [0.5, 0.6) is 11.5 Å². The molecule has 0 fully saturated rings. The summed E-state index contributed by atoms with van der Waals surface area (Å²) >= 11 is 3.19. The standard InChI is InChI=1S/C11H10BrFO4/c1-16-9-4-6(3-8(13)11(14)15)7(12)5-10(9)17-2/h3-5H,1-2H3,(H,14,15). The fraction of sp³-hybridized carbons (Fsp3) is 0.182. The number of carbonyl (C=O) groups is 1. The van der Waals surface area contributed by atoms with Gasteiger partial charge in [-0.15, -0.1) is 0 Å². The highest BCUT2D eigenvalue weighted by atomic mass is 79.9. The van der Waals surface area contributed by atoms with Gasteiger partial charge in [0, 0.05) is 4.47 Å². The van der Waals surface area contributed by atoms with Crippen molar-refractivity contribution in [3.63, 3.8) is 0 Å². The number of hydrogen-bond donors (Lipinski definition) is 1. The van der Waals surface area contributed by atoms with Gasteiger partial charge in [0.25, 0.3) is 0 Å². The minimum absolute atomic E-state index is 0.350. The summed E-state index contributed by atoms with van der Waals surface area (Å²) < 4.78 is 23.6. The predicted octanol–water partition coefficient (Wildman–Crippen LogP) is 2.86. The number of halogens is 2. The first-order valence-corrected chi connectivity index (χ1v) is 5.31. The molecular formula is C11H10BrFO4. The van der Waals surface area contributed by atoms with Gasteiger partial charge in [0.15, 0.2) is 11.5 Å². The maximum absolute atomic E-state index is 13.0. The van der Waals surface area contributed by atoms with E-state index in [-0.39, 0.29) is 0 Å². The molecule has 0 saturated heterocycles. The van der Waals surface area contributed by atoms with E-state index in [9.17, 15) is 9.18 Å². The lowest BCUT2D eigenvalue weighted by atomic mass is 10.2. The van der Waals surface area contributed by atoms with Gasteiger partial charge in [0.05, 0.1) is 14.2 Å². The van der Waals surface area contributed by atoms with Gasteiger partial charge in [-0.05, 0) is 23.8 Å². The Morgan fingerprint density at radius 1 is 1.35 bits per heavy atom. The lowest BCUT2D eigenvalue weighted by molar-refractivity contribution is -0.134. The van der Waals surface area contributed by atoms with Crippen LogP contribution in [0.1, 0.15) is 5.56 Å². The SMILES string of the molecule is COc1cc(Br)c(C=C(F)C(=O)O)cc1OC. The van der Waals surface area contributed by atoms with E-state index < -0.39 is 11.8 Å². The van der Waals surface area contributed by atoms with Gasteiger partial charge in [-0.25, -0.2) is 4.79 Å². The molecule has 6 heteroatoms. The first-order valence-electron chi connectivity index (χ1n) is 4.51. The van der Waals surface area contributed by atoms with Crippen molar-refractivity contribution in [2.75, 3.05) is 14.2 Å². The van der Waals surface area contributed by atoms with Crippen LogP contribution in [0.3, 0.4) is 0 Å². The molecule has 0 unspecified atom stereocenters. The number of aliphatic carboxylic acids is 1. The molecule has 0 heterocycles. The fourth-order valence-corrected chi connectivity index (χ4v) is 1.62. The number of carboxylic acid groups (broad SMARTS) is 1. The summed E-state index contributed by atoms with van der Waals surface area (Å²) in [6.45, 7) is 0. The molecular weight excluding hydrogens is 295 g/mol. The molecule has 0 bridgehead atoms.